The average molecular weight is 312 g/mol. The molecule has 1 heterocycles. The van der Waals surface area contributed by atoms with Gasteiger partial charge in [-0.05, 0) is 32.4 Å². The lowest BCUT2D eigenvalue weighted by Gasteiger charge is -2.26. The number of nitrogens with zero attached hydrogens (tertiary/aromatic N) is 2. The molecule has 7 heteroatoms. The van der Waals surface area contributed by atoms with Crippen LogP contribution in [0.5, 0.6) is 0 Å². The zero-order valence-corrected chi connectivity index (χ0v) is 12.9. The molecule has 0 unspecified atom stereocenters. The van der Waals surface area contributed by atoms with Crippen molar-refractivity contribution >= 4 is 34.3 Å². The lowest BCUT2D eigenvalue weighted by Crippen LogP contribution is -2.28. The Bertz CT molecular complexity index is 641. The minimum absolute atomic E-state index is 0.0817. The van der Waals surface area contributed by atoms with Crippen LogP contribution in [0.3, 0.4) is 0 Å². The quantitative estimate of drug-likeness (QED) is 0.673. The van der Waals surface area contributed by atoms with Gasteiger partial charge in [0.25, 0.3) is 5.69 Å². The highest BCUT2D eigenvalue weighted by Gasteiger charge is 2.25. The van der Waals surface area contributed by atoms with Crippen molar-refractivity contribution in [2.75, 3.05) is 5.32 Å². The Morgan fingerprint density at radius 2 is 2.15 bits per heavy atom. The summed E-state index contributed by atoms with van der Waals surface area (Å²) in [5.41, 5.74) is 1.08. The molecule has 1 N–H and O–H groups in total. The first kappa shape index (κ1) is 14.7. The van der Waals surface area contributed by atoms with E-state index in [0.717, 1.165) is 16.3 Å². The smallest absolute Gasteiger partial charge is 0.288 e. The Morgan fingerprint density at radius 3 is 2.70 bits per heavy atom. The molecule has 5 nitrogen and oxygen atoms in total. The number of hydrogen-bond donors (Lipinski definition) is 1. The normalized spacial score (nSPS) is 11.4. The second-order valence-corrected chi connectivity index (χ2v) is 6.26. The minimum Gasteiger partial charge on any atom is -0.373 e. The van der Waals surface area contributed by atoms with Crippen molar-refractivity contribution in [3.05, 3.63) is 49.4 Å². The van der Waals surface area contributed by atoms with E-state index in [1.165, 1.54) is 6.07 Å². The first-order valence-corrected chi connectivity index (χ1v) is 7.20. The summed E-state index contributed by atoms with van der Waals surface area (Å²) in [6, 6.07) is 3.06. The van der Waals surface area contributed by atoms with Crippen molar-refractivity contribution in [1.29, 1.82) is 0 Å². The lowest BCUT2D eigenvalue weighted by molar-refractivity contribution is -0.384. The van der Waals surface area contributed by atoms with E-state index in [9.17, 15) is 10.1 Å². The maximum Gasteiger partial charge on any atom is 0.288 e. The van der Waals surface area contributed by atoms with E-state index >= 15 is 0 Å². The SMILES string of the molecule is Cc1cc([N+](=O)[O-])c(Cl)cc1NC(C)(C)c1nccs1. The van der Waals surface area contributed by atoms with Gasteiger partial charge in [-0.25, -0.2) is 4.98 Å². The molecule has 2 rings (SSSR count). The number of halogens is 1. The average Bonchev–Trinajstić information content (AvgIpc) is 2.87. The third-order valence-corrected chi connectivity index (χ3v) is 4.30. The van der Waals surface area contributed by atoms with Crippen molar-refractivity contribution in [1.82, 2.24) is 4.98 Å². The van der Waals surface area contributed by atoms with E-state index in [1.54, 1.807) is 23.6 Å². The predicted molar refractivity (Wildman–Crippen MR) is 81.6 cm³/mol. The summed E-state index contributed by atoms with van der Waals surface area (Å²) in [7, 11) is 0. The summed E-state index contributed by atoms with van der Waals surface area (Å²) in [6.45, 7) is 5.81. The first-order chi connectivity index (χ1) is 9.31. The molecule has 0 aliphatic carbocycles. The summed E-state index contributed by atoms with van der Waals surface area (Å²) in [5.74, 6) is 0. The third-order valence-electron chi connectivity index (χ3n) is 2.90. The van der Waals surface area contributed by atoms with E-state index in [-0.39, 0.29) is 16.2 Å². The zero-order chi connectivity index (χ0) is 14.9. The maximum atomic E-state index is 10.8. The van der Waals surface area contributed by atoms with E-state index < -0.39 is 4.92 Å². The fraction of sp³-hybridized carbons (Fsp3) is 0.308. The second-order valence-electron chi connectivity index (χ2n) is 4.96. The summed E-state index contributed by atoms with van der Waals surface area (Å²) in [6.07, 6.45) is 1.75. The number of nitrogens with one attached hydrogen (secondary N) is 1. The highest BCUT2D eigenvalue weighted by atomic mass is 35.5. The van der Waals surface area contributed by atoms with Crippen LogP contribution >= 0.6 is 22.9 Å². The first-order valence-electron chi connectivity index (χ1n) is 5.94. The molecule has 0 fully saturated rings. The molecule has 1 aromatic carbocycles. The molecule has 20 heavy (non-hydrogen) atoms. The number of aromatic nitrogens is 1. The molecule has 106 valence electrons. The Kier molecular flexibility index (Phi) is 3.96. The number of aryl methyl sites for hydroxylation is 1. The van der Waals surface area contributed by atoms with Crippen LogP contribution in [0.1, 0.15) is 24.4 Å². The number of rotatable bonds is 4. The van der Waals surface area contributed by atoms with E-state index in [1.807, 2.05) is 26.2 Å². The molecule has 0 saturated carbocycles. The Hall–Kier alpha value is -1.66. The van der Waals surface area contributed by atoms with Crippen LogP contribution < -0.4 is 5.32 Å². The molecule has 0 amide bonds. The predicted octanol–water partition coefficient (Wildman–Crippen LogP) is 4.36. The molecule has 0 atom stereocenters. The molecule has 1 aromatic heterocycles. The molecule has 0 radical (unpaired) electrons. The van der Waals surface area contributed by atoms with E-state index in [0.29, 0.717) is 0 Å². The number of hydrogen-bond acceptors (Lipinski definition) is 5. The number of thiazole rings is 1. The summed E-state index contributed by atoms with van der Waals surface area (Å²) < 4.78 is 0. The van der Waals surface area contributed by atoms with Gasteiger partial charge in [0.15, 0.2) is 0 Å². The topological polar surface area (TPSA) is 68.1 Å². The molecule has 0 spiro atoms. The van der Waals surface area contributed by atoms with Gasteiger partial charge in [0.05, 0.1) is 10.5 Å². The van der Waals surface area contributed by atoms with Crippen LogP contribution in [0.15, 0.2) is 23.7 Å². The largest absolute Gasteiger partial charge is 0.373 e. The van der Waals surface area contributed by atoms with Gasteiger partial charge in [0.1, 0.15) is 10.0 Å². The molecular formula is C13H14ClN3O2S. The summed E-state index contributed by atoms with van der Waals surface area (Å²) in [4.78, 5) is 14.7. The van der Waals surface area contributed by atoms with E-state index in [4.69, 9.17) is 11.6 Å². The van der Waals surface area contributed by atoms with Crippen LogP contribution in [0, 0.1) is 17.0 Å². The number of benzene rings is 1. The standard InChI is InChI=1S/C13H14ClN3O2S/c1-8-6-11(17(18)19)9(14)7-10(8)16-13(2,3)12-15-4-5-20-12/h4-7,16H,1-3H3. The Labute approximate surface area is 125 Å². The van der Waals surface area contributed by atoms with Gasteiger partial charge in [0.2, 0.25) is 0 Å². The monoisotopic (exact) mass is 311 g/mol. The van der Waals surface area contributed by atoms with Crippen molar-refractivity contribution in [2.24, 2.45) is 0 Å². The molecule has 0 saturated heterocycles. The van der Waals surface area contributed by atoms with Crippen LogP contribution in [0.25, 0.3) is 0 Å². The van der Waals surface area contributed by atoms with Crippen molar-refractivity contribution in [3.8, 4) is 0 Å². The van der Waals surface area contributed by atoms with Gasteiger partial charge in [-0.15, -0.1) is 11.3 Å². The molecule has 2 aromatic rings. The van der Waals surface area contributed by atoms with Gasteiger partial charge in [-0.1, -0.05) is 11.6 Å². The highest BCUT2D eigenvalue weighted by molar-refractivity contribution is 7.09. The molecule has 0 aliphatic heterocycles. The summed E-state index contributed by atoms with van der Waals surface area (Å²) in [5, 5.41) is 17.2. The van der Waals surface area contributed by atoms with Gasteiger partial charge in [-0.2, -0.15) is 0 Å². The Morgan fingerprint density at radius 1 is 1.45 bits per heavy atom. The number of nitro groups is 1. The van der Waals surface area contributed by atoms with Crippen molar-refractivity contribution < 1.29 is 4.92 Å². The van der Waals surface area contributed by atoms with Crippen LogP contribution in [-0.2, 0) is 5.54 Å². The third kappa shape index (κ3) is 2.91. The number of nitro benzene ring substituents is 1. The number of anilines is 1. The molecular weight excluding hydrogens is 298 g/mol. The van der Waals surface area contributed by atoms with Crippen LogP contribution in [-0.4, -0.2) is 9.91 Å². The fourth-order valence-electron chi connectivity index (χ4n) is 1.86. The molecule has 0 aliphatic rings. The van der Waals surface area contributed by atoms with Crippen molar-refractivity contribution in [3.63, 3.8) is 0 Å². The van der Waals surface area contributed by atoms with Gasteiger partial charge in [0, 0.05) is 23.3 Å². The zero-order valence-electron chi connectivity index (χ0n) is 11.3. The van der Waals surface area contributed by atoms with Gasteiger partial charge in [-0.3, -0.25) is 10.1 Å². The van der Waals surface area contributed by atoms with Gasteiger partial charge >= 0.3 is 0 Å². The highest BCUT2D eigenvalue weighted by Crippen LogP contribution is 2.34. The maximum absolute atomic E-state index is 10.8. The van der Waals surface area contributed by atoms with E-state index in [2.05, 4.69) is 10.3 Å². The van der Waals surface area contributed by atoms with Crippen molar-refractivity contribution in [2.45, 2.75) is 26.3 Å². The van der Waals surface area contributed by atoms with Crippen LogP contribution in [0.2, 0.25) is 5.02 Å². The summed E-state index contributed by atoms with van der Waals surface area (Å²) >= 11 is 7.51. The van der Waals surface area contributed by atoms with Gasteiger partial charge < -0.3 is 5.32 Å². The molecule has 0 bridgehead atoms. The Balaban J connectivity index is 2.35. The lowest BCUT2D eigenvalue weighted by atomic mass is 10.0. The second kappa shape index (κ2) is 5.38. The fourth-order valence-corrected chi connectivity index (χ4v) is 2.81. The minimum atomic E-state index is -0.481. The van der Waals surface area contributed by atoms with Crippen LogP contribution in [0.4, 0.5) is 11.4 Å².